The predicted molar refractivity (Wildman–Crippen MR) is 69.9 cm³/mol. The minimum atomic E-state index is -0.530. The minimum absolute atomic E-state index is 0.0362. The van der Waals surface area contributed by atoms with Gasteiger partial charge in [0.25, 0.3) is 11.6 Å². The van der Waals surface area contributed by atoms with Gasteiger partial charge in [0.1, 0.15) is 0 Å². The largest absolute Gasteiger partial charge is 0.345 e. The number of nitro groups is 1. The van der Waals surface area contributed by atoms with Gasteiger partial charge in [0.2, 0.25) is 5.91 Å². The van der Waals surface area contributed by atoms with E-state index in [-0.39, 0.29) is 23.9 Å². The maximum absolute atomic E-state index is 11.8. The summed E-state index contributed by atoms with van der Waals surface area (Å²) in [5.41, 5.74) is 0.255. The Hall–Kier alpha value is -2.48. The number of quaternary nitrogens is 1. The van der Waals surface area contributed by atoms with Gasteiger partial charge in [-0.05, 0) is 6.07 Å². The van der Waals surface area contributed by atoms with Gasteiger partial charge in [-0.2, -0.15) is 0 Å². The Labute approximate surface area is 114 Å². The van der Waals surface area contributed by atoms with Crippen LogP contribution < -0.4 is 16.0 Å². The van der Waals surface area contributed by atoms with Crippen LogP contribution >= 0.6 is 0 Å². The predicted octanol–water partition coefficient (Wildman–Crippen LogP) is -1.01. The lowest BCUT2D eigenvalue weighted by Crippen LogP contribution is -2.96. The molecular formula is C12H15N4O4+. The number of piperazine rings is 1. The highest BCUT2D eigenvalue weighted by atomic mass is 16.6. The molecule has 1 saturated heterocycles. The van der Waals surface area contributed by atoms with Gasteiger partial charge in [0.05, 0.1) is 24.4 Å². The van der Waals surface area contributed by atoms with Crippen LogP contribution in [0.2, 0.25) is 0 Å². The first kappa shape index (κ1) is 13.9. The first-order valence-corrected chi connectivity index (χ1v) is 6.21. The van der Waals surface area contributed by atoms with Crippen molar-refractivity contribution in [3.63, 3.8) is 0 Å². The Morgan fingerprint density at radius 1 is 1.55 bits per heavy atom. The fourth-order valence-electron chi connectivity index (χ4n) is 2.00. The summed E-state index contributed by atoms with van der Waals surface area (Å²) in [5.74, 6) is -0.505. The van der Waals surface area contributed by atoms with Crippen LogP contribution in [0.4, 0.5) is 11.4 Å². The molecule has 20 heavy (non-hydrogen) atoms. The number of amides is 2. The van der Waals surface area contributed by atoms with Crippen molar-refractivity contribution in [1.29, 1.82) is 0 Å². The van der Waals surface area contributed by atoms with E-state index in [0.29, 0.717) is 12.2 Å². The molecule has 0 aliphatic carbocycles. The quantitative estimate of drug-likeness (QED) is 0.483. The normalized spacial score (nSPS) is 18.2. The van der Waals surface area contributed by atoms with Crippen molar-refractivity contribution < 1.29 is 19.8 Å². The van der Waals surface area contributed by atoms with Gasteiger partial charge in [-0.15, -0.1) is 0 Å². The zero-order valence-electron chi connectivity index (χ0n) is 10.7. The highest BCUT2D eigenvalue weighted by molar-refractivity contribution is 5.95. The van der Waals surface area contributed by atoms with E-state index in [1.807, 2.05) is 5.32 Å². The third kappa shape index (κ3) is 3.51. The van der Waals surface area contributed by atoms with E-state index in [1.54, 1.807) is 6.07 Å². The van der Waals surface area contributed by atoms with E-state index in [2.05, 4.69) is 10.6 Å². The SMILES string of the molecule is O=C(C[C@@H]1[NH2+]CCNC1=O)Nc1cccc([N+](=O)[O-])c1. The second-order valence-corrected chi connectivity index (χ2v) is 4.48. The summed E-state index contributed by atoms with van der Waals surface area (Å²) in [6, 6.07) is 5.24. The molecule has 106 valence electrons. The van der Waals surface area contributed by atoms with E-state index in [1.165, 1.54) is 18.2 Å². The molecule has 8 nitrogen and oxygen atoms in total. The lowest BCUT2D eigenvalue weighted by Gasteiger charge is -2.19. The van der Waals surface area contributed by atoms with Crippen molar-refractivity contribution >= 4 is 23.2 Å². The Morgan fingerprint density at radius 2 is 2.35 bits per heavy atom. The van der Waals surface area contributed by atoms with E-state index in [9.17, 15) is 19.7 Å². The van der Waals surface area contributed by atoms with Crippen molar-refractivity contribution in [3.05, 3.63) is 34.4 Å². The average Bonchev–Trinajstić information content (AvgIpc) is 2.41. The summed E-state index contributed by atoms with van der Waals surface area (Å²) >= 11 is 0. The second-order valence-electron chi connectivity index (χ2n) is 4.48. The average molecular weight is 279 g/mol. The third-order valence-electron chi connectivity index (χ3n) is 2.98. The van der Waals surface area contributed by atoms with Crippen LogP contribution in [0, 0.1) is 10.1 Å². The smallest absolute Gasteiger partial charge is 0.278 e. The van der Waals surface area contributed by atoms with Gasteiger partial charge < -0.3 is 16.0 Å². The number of non-ortho nitro benzene ring substituents is 1. The van der Waals surface area contributed by atoms with Crippen molar-refractivity contribution in [1.82, 2.24) is 5.32 Å². The van der Waals surface area contributed by atoms with Crippen LogP contribution in [0.3, 0.4) is 0 Å². The fraction of sp³-hybridized carbons (Fsp3) is 0.333. The number of nitrogens with zero attached hydrogens (tertiary/aromatic N) is 1. The van der Waals surface area contributed by atoms with Crippen LogP contribution in [0.15, 0.2) is 24.3 Å². The molecule has 0 saturated carbocycles. The summed E-state index contributed by atoms with van der Waals surface area (Å²) in [5, 5.41) is 17.7. The summed E-state index contributed by atoms with van der Waals surface area (Å²) in [4.78, 5) is 33.4. The standard InChI is InChI=1S/C12H14N4O4/c17-11(7-10-12(18)14-5-4-13-10)15-8-2-1-3-9(6-8)16(19)20/h1-3,6,10,13H,4-5,7H2,(H,14,18)(H,15,17)/p+1/t10-/m0/s1. The van der Waals surface area contributed by atoms with Crippen molar-refractivity contribution in [3.8, 4) is 0 Å². The molecule has 1 aromatic rings. The molecule has 1 aromatic carbocycles. The molecule has 1 atom stereocenters. The van der Waals surface area contributed by atoms with Gasteiger partial charge in [-0.1, -0.05) is 6.07 Å². The molecule has 1 heterocycles. The maximum Gasteiger partial charge on any atom is 0.278 e. The molecule has 0 aromatic heterocycles. The summed E-state index contributed by atoms with van der Waals surface area (Å²) in [6.45, 7) is 1.34. The number of hydrogen-bond donors (Lipinski definition) is 3. The van der Waals surface area contributed by atoms with Crippen LogP contribution in [0.5, 0.6) is 0 Å². The zero-order valence-corrected chi connectivity index (χ0v) is 10.7. The number of carbonyl (C=O) groups excluding carboxylic acids is 2. The summed E-state index contributed by atoms with van der Waals surface area (Å²) < 4.78 is 0. The van der Waals surface area contributed by atoms with Gasteiger partial charge >= 0.3 is 0 Å². The van der Waals surface area contributed by atoms with Gasteiger partial charge in [-0.25, -0.2) is 0 Å². The van der Waals surface area contributed by atoms with Crippen LogP contribution in [0.25, 0.3) is 0 Å². The Balaban J connectivity index is 1.95. The van der Waals surface area contributed by atoms with Crippen molar-refractivity contribution in [2.75, 3.05) is 18.4 Å². The molecule has 2 amide bonds. The monoisotopic (exact) mass is 279 g/mol. The van der Waals surface area contributed by atoms with E-state index < -0.39 is 11.0 Å². The van der Waals surface area contributed by atoms with Gasteiger partial charge in [0, 0.05) is 17.8 Å². The lowest BCUT2D eigenvalue weighted by atomic mass is 10.1. The third-order valence-corrected chi connectivity index (χ3v) is 2.98. The molecule has 0 spiro atoms. The fourth-order valence-corrected chi connectivity index (χ4v) is 2.00. The Bertz CT molecular complexity index is 546. The number of anilines is 1. The highest BCUT2D eigenvalue weighted by Crippen LogP contribution is 2.17. The zero-order chi connectivity index (χ0) is 14.5. The number of nitro benzene ring substituents is 1. The topological polar surface area (TPSA) is 118 Å². The molecule has 1 fully saturated rings. The first-order chi connectivity index (χ1) is 9.56. The van der Waals surface area contributed by atoms with E-state index in [0.717, 1.165) is 6.54 Å². The maximum atomic E-state index is 11.8. The Kier molecular flexibility index (Phi) is 4.26. The molecule has 4 N–H and O–H groups in total. The van der Waals surface area contributed by atoms with Gasteiger partial charge in [-0.3, -0.25) is 19.7 Å². The molecule has 0 unspecified atom stereocenters. The molecule has 2 rings (SSSR count). The summed E-state index contributed by atoms with van der Waals surface area (Å²) in [6.07, 6.45) is 0.0362. The van der Waals surface area contributed by atoms with Crippen LogP contribution in [-0.2, 0) is 9.59 Å². The number of rotatable bonds is 4. The van der Waals surface area contributed by atoms with Crippen LogP contribution in [-0.4, -0.2) is 35.9 Å². The molecule has 0 bridgehead atoms. The molecule has 1 aliphatic heterocycles. The minimum Gasteiger partial charge on any atom is -0.345 e. The van der Waals surface area contributed by atoms with E-state index in [4.69, 9.17) is 0 Å². The van der Waals surface area contributed by atoms with E-state index >= 15 is 0 Å². The number of nitrogens with one attached hydrogen (secondary N) is 2. The Morgan fingerprint density at radius 3 is 3.05 bits per heavy atom. The number of hydrogen-bond acceptors (Lipinski definition) is 4. The van der Waals surface area contributed by atoms with Crippen LogP contribution in [0.1, 0.15) is 6.42 Å². The molecule has 0 radical (unpaired) electrons. The number of nitrogens with two attached hydrogens (primary N) is 1. The van der Waals surface area contributed by atoms with Crippen molar-refractivity contribution in [2.45, 2.75) is 12.5 Å². The first-order valence-electron chi connectivity index (χ1n) is 6.21. The molecule has 8 heteroatoms. The molecular weight excluding hydrogens is 264 g/mol. The lowest BCUT2D eigenvalue weighted by molar-refractivity contribution is -0.678. The van der Waals surface area contributed by atoms with Gasteiger partial charge in [0.15, 0.2) is 6.04 Å². The summed E-state index contributed by atoms with van der Waals surface area (Å²) in [7, 11) is 0. The molecule has 1 aliphatic rings. The number of benzene rings is 1. The number of carbonyl (C=O) groups is 2. The highest BCUT2D eigenvalue weighted by Gasteiger charge is 2.27. The second kappa shape index (κ2) is 6.11. The van der Waals surface area contributed by atoms with Crippen molar-refractivity contribution in [2.24, 2.45) is 0 Å².